The van der Waals surface area contributed by atoms with Gasteiger partial charge in [-0.05, 0) is 60.4 Å². The summed E-state index contributed by atoms with van der Waals surface area (Å²) in [6, 6.07) is 17.1. The minimum Gasteiger partial charge on any atom is -0.268 e. The van der Waals surface area contributed by atoms with Gasteiger partial charge in [-0.1, -0.05) is 53.7 Å². The lowest BCUT2D eigenvalue weighted by Gasteiger charge is -2.30. The molecule has 4 rings (SSSR count). The number of aryl methyl sites for hydroxylation is 1. The number of benzene rings is 2. The quantitative estimate of drug-likeness (QED) is 0.471. The SMILES string of the molecule is Cc1ccccc1[C@H](CC(N=O)c1ccn[nH]c1=O)c1ccc(C2CCN(S(C)(=O)=O)CC2)cc1. The van der Waals surface area contributed by atoms with Crippen molar-refractivity contribution >= 4 is 10.0 Å². The van der Waals surface area contributed by atoms with Gasteiger partial charge in [-0.3, -0.25) is 4.79 Å². The second kappa shape index (κ2) is 10.6. The van der Waals surface area contributed by atoms with Crippen molar-refractivity contribution in [2.24, 2.45) is 5.18 Å². The highest BCUT2D eigenvalue weighted by Gasteiger charge is 2.27. The molecule has 35 heavy (non-hydrogen) atoms. The maximum absolute atomic E-state index is 12.3. The summed E-state index contributed by atoms with van der Waals surface area (Å²) in [5.41, 5.74) is 4.31. The van der Waals surface area contributed by atoms with Gasteiger partial charge in [0.25, 0.3) is 5.56 Å². The molecule has 0 spiro atoms. The third-order valence-corrected chi connectivity index (χ3v) is 8.30. The Kier molecular flexibility index (Phi) is 7.57. The van der Waals surface area contributed by atoms with Crippen molar-refractivity contribution in [3.8, 4) is 0 Å². The van der Waals surface area contributed by atoms with E-state index in [0.717, 1.165) is 29.5 Å². The molecule has 0 bridgehead atoms. The second-order valence-electron chi connectivity index (χ2n) is 9.21. The number of hydrogen-bond donors (Lipinski definition) is 1. The molecule has 0 saturated carbocycles. The molecule has 2 atom stereocenters. The molecular weight excluding hydrogens is 464 g/mol. The van der Waals surface area contributed by atoms with E-state index in [2.05, 4.69) is 39.6 Å². The molecule has 1 saturated heterocycles. The number of nitrogens with zero attached hydrogens (tertiary/aromatic N) is 3. The van der Waals surface area contributed by atoms with Crippen LogP contribution in [0, 0.1) is 11.8 Å². The van der Waals surface area contributed by atoms with Crippen LogP contribution in [0.5, 0.6) is 0 Å². The van der Waals surface area contributed by atoms with Crippen molar-refractivity contribution < 1.29 is 8.42 Å². The van der Waals surface area contributed by atoms with Gasteiger partial charge in [0.15, 0.2) is 0 Å². The first-order valence-corrected chi connectivity index (χ1v) is 13.6. The van der Waals surface area contributed by atoms with Gasteiger partial charge in [0, 0.05) is 30.8 Å². The molecule has 0 amide bonds. The molecule has 0 aliphatic carbocycles. The Morgan fingerprint density at radius 1 is 1.06 bits per heavy atom. The number of aromatic amines is 1. The Morgan fingerprint density at radius 3 is 2.34 bits per heavy atom. The first-order chi connectivity index (χ1) is 16.8. The summed E-state index contributed by atoms with van der Waals surface area (Å²) in [4.78, 5) is 24.1. The molecule has 3 aromatic rings. The monoisotopic (exact) mass is 494 g/mol. The van der Waals surface area contributed by atoms with Gasteiger partial charge in [0.2, 0.25) is 10.0 Å². The van der Waals surface area contributed by atoms with Crippen LogP contribution in [0.25, 0.3) is 0 Å². The first kappa shape index (κ1) is 24.9. The van der Waals surface area contributed by atoms with Crippen molar-refractivity contribution in [3.05, 3.63) is 104 Å². The summed E-state index contributed by atoms with van der Waals surface area (Å²) in [5.74, 6) is 0.173. The molecule has 1 aliphatic heterocycles. The number of nitroso groups, excluding NO2 is 1. The Labute approximate surface area is 205 Å². The van der Waals surface area contributed by atoms with Crippen LogP contribution in [0.4, 0.5) is 0 Å². The van der Waals surface area contributed by atoms with Crippen molar-refractivity contribution in [1.29, 1.82) is 0 Å². The first-order valence-electron chi connectivity index (χ1n) is 11.7. The summed E-state index contributed by atoms with van der Waals surface area (Å²) in [5, 5.41) is 9.42. The number of rotatable bonds is 8. The number of piperidine rings is 1. The van der Waals surface area contributed by atoms with Crippen LogP contribution in [0.15, 0.2) is 70.8 Å². The Balaban J connectivity index is 1.61. The summed E-state index contributed by atoms with van der Waals surface area (Å²) in [7, 11) is -3.15. The van der Waals surface area contributed by atoms with Gasteiger partial charge in [0.1, 0.15) is 6.04 Å². The van der Waals surface area contributed by atoms with E-state index in [9.17, 15) is 18.1 Å². The third kappa shape index (κ3) is 5.74. The number of H-pyrrole nitrogens is 1. The lowest BCUT2D eigenvalue weighted by molar-refractivity contribution is 0.321. The highest BCUT2D eigenvalue weighted by molar-refractivity contribution is 7.88. The van der Waals surface area contributed by atoms with E-state index >= 15 is 0 Å². The Hall–Kier alpha value is -3.17. The molecule has 184 valence electrons. The standard InChI is InChI=1S/C26H30N4O4S/c1-18-5-3-4-6-22(18)24(17-25(29-32)23-11-14-27-28-26(23)31)21-9-7-19(8-10-21)20-12-15-30(16-13-20)35(2,33)34/h3-11,14,20,24-25H,12-13,15-17H2,1-2H3,(H,28,31)/t24-,25?/m1/s1. The number of nitrogens with one attached hydrogen (secondary N) is 1. The van der Waals surface area contributed by atoms with Crippen LogP contribution in [0.1, 0.15) is 65.0 Å². The molecule has 2 heterocycles. The Bertz CT molecular complexity index is 1330. The largest absolute Gasteiger partial charge is 0.269 e. The van der Waals surface area contributed by atoms with E-state index in [1.54, 1.807) is 10.4 Å². The smallest absolute Gasteiger partial charge is 0.268 e. The summed E-state index contributed by atoms with van der Waals surface area (Å²) in [6.07, 6.45) is 4.65. The summed E-state index contributed by atoms with van der Waals surface area (Å²) in [6.45, 7) is 3.10. The second-order valence-corrected chi connectivity index (χ2v) is 11.2. The predicted octanol–water partition coefficient (Wildman–Crippen LogP) is 4.25. The third-order valence-electron chi connectivity index (χ3n) is 7.00. The molecular formula is C26H30N4O4S. The molecule has 2 aromatic carbocycles. The van der Waals surface area contributed by atoms with Crippen molar-refractivity contribution in [3.63, 3.8) is 0 Å². The molecule has 0 radical (unpaired) electrons. The predicted molar refractivity (Wildman–Crippen MR) is 136 cm³/mol. The summed E-state index contributed by atoms with van der Waals surface area (Å²) >= 11 is 0. The average Bonchev–Trinajstić information content (AvgIpc) is 2.86. The van der Waals surface area contributed by atoms with Crippen LogP contribution < -0.4 is 5.56 Å². The molecule has 1 unspecified atom stereocenters. The van der Waals surface area contributed by atoms with Crippen LogP contribution in [-0.4, -0.2) is 42.3 Å². The van der Waals surface area contributed by atoms with Gasteiger partial charge in [-0.25, -0.2) is 17.8 Å². The van der Waals surface area contributed by atoms with E-state index in [1.165, 1.54) is 18.0 Å². The zero-order valence-corrected chi connectivity index (χ0v) is 20.7. The Morgan fingerprint density at radius 2 is 1.74 bits per heavy atom. The van der Waals surface area contributed by atoms with E-state index < -0.39 is 21.6 Å². The fourth-order valence-corrected chi connectivity index (χ4v) is 5.88. The number of aromatic nitrogens is 2. The highest BCUT2D eigenvalue weighted by atomic mass is 32.2. The fraction of sp³-hybridized carbons (Fsp3) is 0.385. The van der Waals surface area contributed by atoms with Gasteiger partial charge in [0.05, 0.1) is 6.26 Å². The minimum absolute atomic E-state index is 0.132. The lowest BCUT2D eigenvalue weighted by Crippen LogP contribution is -2.37. The number of sulfonamides is 1. The molecule has 1 aliphatic rings. The highest BCUT2D eigenvalue weighted by Crippen LogP contribution is 2.37. The van der Waals surface area contributed by atoms with Crippen molar-refractivity contribution in [1.82, 2.24) is 14.5 Å². The maximum Gasteiger partial charge on any atom is 0.269 e. The van der Waals surface area contributed by atoms with Crippen molar-refractivity contribution in [2.75, 3.05) is 19.3 Å². The van der Waals surface area contributed by atoms with Crippen molar-refractivity contribution in [2.45, 2.75) is 44.1 Å². The number of hydrogen-bond acceptors (Lipinski definition) is 6. The van der Waals surface area contributed by atoms with E-state index in [-0.39, 0.29) is 5.92 Å². The van der Waals surface area contributed by atoms with Gasteiger partial charge in [-0.2, -0.15) is 10.0 Å². The topological polar surface area (TPSA) is 113 Å². The van der Waals surface area contributed by atoms with E-state index in [0.29, 0.717) is 31.0 Å². The maximum atomic E-state index is 12.3. The minimum atomic E-state index is -3.15. The van der Waals surface area contributed by atoms with Crippen LogP contribution >= 0.6 is 0 Å². The molecule has 1 fully saturated rings. The zero-order chi connectivity index (χ0) is 25.0. The fourth-order valence-electron chi connectivity index (χ4n) is 5.01. The van der Waals surface area contributed by atoms with E-state index in [1.807, 2.05) is 31.2 Å². The van der Waals surface area contributed by atoms with Gasteiger partial charge in [-0.15, -0.1) is 0 Å². The normalized spacial score (nSPS) is 17.1. The van der Waals surface area contributed by atoms with Gasteiger partial charge >= 0.3 is 0 Å². The average molecular weight is 495 g/mol. The van der Waals surface area contributed by atoms with Crippen LogP contribution in [0.3, 0.4) is 0 Å². The zero-order valence-electron chi connectivity index (χ0n) is 19.9. The molecule has 8 nitrogen and oxygen atoms in total. The van der Waals surface area contributed by atoms with Gasteiger partial charge < -0.3 is 0 Å². The van der Waals surface area contributed by atoms with E-state index in [4.69, 9.17) is 0 Å². The summed E-state index contributed by atoms with van der Waals surface area (Å²) < 4.78 is 25.2. The van der Waals surface area contributed by atoms with Crippen LogP contribution in [0.2, 0.25) is 0 Å². The molecule has 1 N–H and O–H groups in total. The molecule has 9 heteroatoms. The van der Waals surface area contributed by atoms with Crippen LogP contribution in [-0.2, 0) is 10.0 Å². The molecule has 1 aromatic heterocycles. The lowest BCUT2D eigenvalue weighted by atomic mass is 9.81.